The van der Waals surface area contributed by atoms with Crippen molar-refractivity contribution in [3.8, 4) is 11.5 Å². The van der Waals surface area contributed by atoms with Gasteiger partial charge >= 0.3 is 5.97 Å². The highest BCUT2D eigenvalue weighted by molar-refractivity contribution is 9.10. The number of aliphatic carboxylic acids is 1. The lowest BCUT2D eigenvalue weighted by Gasteiger charge is -2.23. The molecule has 1 saturated heterocycles. The Morgan fingerprint density at radius 2 is 1.95 bits per heavy atom. The summed E-state index contributed by atoms with van der Waals surface area (Å²) in [5.41, 5.74) is 0.769. The Kier molecular flexibility index (Phi) is 4.24. The molecule has 2 heterocycles. The first kappa shape index (κ1) is 15.1. The SMILES string of the molecule is O=C(O)[C@@H]1CCCN1C(=O)Cc1cc2c(cc1Br)OCCO2. The number of benzene rings is 1. The van der Waals surface area contributed by atoms with Crippen molar-refractivity contribution in [2.75, 3.05) is 19.8 Å². The number of carboxylic acid groups (broad SMARTS) is 1. The monoisotopic (exact) mass is 369 g/mol. The number of nitrogens with zero attached hydrogens (tertiary/aromatic N) is 1. The number of halogens is 1. The van der Waals surface area contributed by atoms with E-state index in [-0.39, 0.29) is 12.3 Å². The number of amides is 1. The van der Waals surface area contributed by atoms with Crippen LogP contribution in [0.4, 0.5) is 0 Å². The van der Waals surface area contributed by atoms with Crippen LogP contribution in [0.2, 0.25) is 0 Å². The zero-order chi connectivity index (χ0) is 15.7. The molecule has 1 aromatic carbocycles. The second kappa shape index (κ2) is 6.16. The van der Waals surface area contributed by atoms with Crippen LogP contribution in [-0.2, 0) is 16.0 Å². The van der Waals surface area contributed by atoms with Crippen LogP contribution in [0.3, 0.4) is 0 Å². The zero-order valence-electron chi connectivity index (χ0n) is 11.9. The second-order valence-corrected chi connectivity index (χ2v) is 6.20. The lowest BCUT2D eigenvalue weighted by molar-refractivity contribution is -0.148. The van der Waals surface area contributed by atoms with Crippen molar-refractivity contribution in [2.45, 2.75) is 25.3 Å². The maximum absolute atomic E-state index is 12.4. The van der Waals surface area contributed by atoms with Gasteiger partial charge in [0, 0.05) is 11.0 Å². The summed E-state index contributed by atoms with van der Waals surface area (Å²) in [6.07, 6.45) is 1.38. The Balaban J connectivity index is 1.78. The van der Waals surface area contributed by atoms with Crippen molar-refractivity contribution < 1.29 is 24.2 Å². The number of likely N-dealkylation sites (tertiary alicyclic amines) is 1. The molecule has 2 aliphatic heterocycles. The first-order chi connectivity index (χ1) is 10.6. The van der Waals surface area contributed by atoms with Crippen LogP contribution in [-0.4, -0.2) is 47.7 Å². The van der Waals surface area contributed by atoms with Crippen LogP contribution >= 0.6 is 15.9 Å². The fraction of sp³-hybridized carbons (Fsp3) is 0.467. The Hall–Kier alpha value is -1.76. The molecule has 0 aromatic heterocycles. The summed E-state index contributed by atoms with van der Waals surface area (Å²) < 4.78 is 11.8. The number of carbonyl (C=O) groups is 2. The smallest absolute Gasteiger partial charge is 0.326 e. The van der Waals surface area contributed by atoms with Crippen LogP contribution in [0.5, 0.6) is 11.5 Å². The van der Waals surface area contributed by atoms with Crippen molar-refractivity contribution in [1.82, 2.24) is 4.90 Å². The Morgan fingerprint density at radius 3 is 2.64 bits per heavy atom. The van der Waals surface area contributed by atoms with E-state index in [1.807, 2.05) is 0 Å². The van der Waals surface area contributed by atoms with Gasteiger partial charge in [-0.25, -0.2) is 4.79 Å². The minimum Gasteiger partial charge on any atom is -0.486 e. The van der Waals surface area contributed by atoms with Gasteiger partial charge < -0.3 is 19.5 Å². The average Bonchev–Trinajstić information content (AvgIpc) is 2.97. The third-order valence-corrected chi connectivity index (χ3v) is 4.65. The molecular formula is C15H16BrNO5. The molecule has 1 N–H and O–H groups in total. The second-order valence-electron chi connectivity index (χ2n) is 5.35. The Labute approximate surface area is 136 Å². The first-order valence-corrected chi connectivity index (χ1v) is 7.96. The molecule has 1 atom stereocenters. The minimum absolute atomic E-state index is 0.140. The molecule has 118 valence electrons. The van der Waals surface area contributed by atoms with Crippen LogP contribution in [0.1, 0.15) is 18.4 Å². The maximum Gasteiger partial charge on any atom is 0.326 e. The van der Waals surface area contributed by atoms with Crippen molar-refractivity contribution in [1.29, 1.82) is 0 Å². The summed E-state index contributed by atoms with van der Waals surface area (Å²) in [7, 11) is 0. The van der Waals surface area contributed by atoms with E-state index in [2.05, 4.69) is 15.9 Å². The van der Waals surface area contributed by atoms with Crippen molar-refractivity contribution in [2.24, 2.45) is 0 Å². The molecule has 1 aromatic rings. The predicted molar refractivity (Wildman–Crippen MR) is 81.2 cm³/mol. The molecule has 0 aliphatic carbocycles. The summed E-state index contributed by atoms with van der Waals surface area (Å²) in [6, 6.07) is 2.86. The fourth-order valence-corrected chi connectivity index (χ4v) is 3.29. The van der Waals surface area contributed by atoms with Gasteiger partial charge in [0.15, 0.2) is 11.5 Å². The number of ether oxygens (including phenoxy) is 2. The molecule has 1 fully saturated rings. The van der Waals surface area contributed by atoms with Crippen LogP contribution in [0.15, 0.2) is 16.6 Å². The van der Waals surface area contributed by atoms with Gasteiger partial charge in [-0.15, -0.1) is 0 Å². The molecule has 1 amide bonds. The number of hydrogen-bond acceptors (Lipinski definition) is 4. The quantitative estimate of drug-likeness (QED) is 0.879. The highest BCUT2D eigenvalue weighted by Gasteiger charge is 2.34. The van der Waals surface area contributed by atoms with E-state index in [0.717, 1.165) is 16.5 Å². The summed E-state index contributed by atoms with van der Waals surface area (Å²) in [6.45, 7) is 1.49. The van der Waals surface area contributed by atoms with Gasteiger partial charge in [-0.1, -0.05) is 15.9 Å². The fourth-order valence-electron chi connectivity index (χ4n) is 2.83. The van der Waals surface area contributed by atoms with Crippen molar-refractivity contribution in [3.63, 3.8) is 0 Å². The van der Waals surface area contributed by atoms with Gasteiger partial charge in [0.05, 0.1) is 6.42 Å². The van der Waals surface area contributed by atoms with Crippen LogP contribution in [0, 0.1) is 0 Å². The van der Waals surface area contributed by atoms with Crippen LogP contribution < -0.4 is 9.47 Å². The summed E-state index contributed by atoms with van der Waals surface area (Å²) in [5, 5.41) is 9.17. The largest absolute Gasteiger partial charge is 0.486 e. The normalized spacial score (nSPS) is 20.0. The standard InChI is InChI=1S/C15H16BrNO5/c16-10-8-13-12(21-4-5-22-13)6-9(10)7-14(18)17-3-1-2-11(17)15(19)20/h6,8,11H,1-5,7H2,(H,19,20)/t11-/m0/s1. The number of carbonyl (C=O) groups excluding carboxylic acids is 1. The maximum atomic E-state index is 12.4. The minimum atomic E-state index is -0.938. The molecule has 3 rings (SSSR count). The Bertz CT molecular complexity index is 618. The summed E-state index contributed by atoms with van der Waals surface area (Å²) >= 11 is 3.43. The van der Waals surface area contributed by atoms with E-state index in [1.54, 1.807) is 12.1 Å². The number of rotatable bonds is 3. The molecule has 0 bridgehead atoms. The Morgan fingerprint density at radius 1 is 1.27 bits per heavy atom. The molecule has 0 radical (unpaired) electrons. The third-order valence-electron chi connectivity index (χ3n) is 3.91. The van der Waals surface area contributed by atoms with E-state index in [1.165, 1.54) is 4.90 Å². The van der Waals surface area contributed by atoms with Gasteiger partial charge in [0.1, 0.15) is 19.3 Å². The van der Waals surface area contributed by atoms with E-state index in [9.17, 15) is 14.7 Å². The van der Waals surface area contributed by atoms with Crippen LogP contribution in [0.25, 0.3) is 0 Å². The highest BCUT2D eigenvalue weighted by atomic mass is 79.9. The third kappa shape index (κ3) is 2.90. The topological polar surface area (TPSA) is 76.1 Å². The number of carboxylic acids is 1. The summed E-state index contributed by atoms with van der Waals surface area (Å²) in [5.74, 6) is 0.154. The van der Waals surface area contributed by atoms with Gasteiger partial charge in [0.2, 0.25) is 5.91 Å². The molecule has 7 heteroatoms. The van der Waals surface area contributed by atoms with Crippen molar-refractivity contribution in [3.05, 3.63) is 22.2 Å². The number of fused-ring (bicyclic) bond motifs is 1. The average molecular weight is 370 g/mol. The van der Waals surface area contributed by atoms with Gasteiger partial charge in [-0.3, -0.25) is 4.79 Å². The molecule has 0 unspecified atom stereocenters. The lowest BCUT2D eigenvalue weighted by atomic mass is 10.1. The van der Waals surface area contributed by atoms with Gasteiger partial charge in [-0.2, -0.15) is 0 Å². The van der Waals surface area contributed by atoms with E-state index in [0.29, 0.717) is 37.7 Å². The van der Waals surface area contributed by atoms with E-state index >= 15 is 0 Å². The highest BCUT2D eigenvalue weighted by Crippen LogP contribution is 2.36. The predicted octanol–water partition coefficient (Wildman–Crippen LogP) is 1.84. The van der Waals surface area contributed by atoms with Gasteiger partial charge in [0.25, 0.3) is 0 Å². The molecule has 22 heavy (non-hydrogen) atoms. The molecule has 6 nitrogen and oxygen atoms in total. The number of hydrogen-bond donors (Lipinski definition) is 1. The lowest BCUT2D eigenvalue weighted by Crippen LogP contribution is -2.41. The van der Waals surface area contributed by atoms with Crippen molar-refractivity contribution >= 4 is 27.8 Å². The molecular weight excluding hydrogens is 354 g/mol. The summed E-state index contributed by atoms with van der Waals surface area (Å²) in [4.78, 5) is 25.1. The zero-order valence-corrected chi connectivity index (χ0v) is 13.5. The molecule has 0 spiro atoms. The molecule has 0 saturated carbocycles. The van der Waals surface area contributed by atoms with E-state index in [4.69, 9.17) is 9.47 Å². The van der Waals surface area contributed by atoms with Gasteiger partial charge in [-0.05, 0) is 30.5 Å². The van der Waals surface area contributed by atoms with E-state index < -0.39 is 12.0 Å². The molecule has 2 aliphatic rings. The first-order valence-electron chi connectivity index (χ1n) is 7.16.